The van der Waals surface area contributed by atoms with Crippen LogP contribution in [0.3, 0.4) is 0 Å². The van der Waals surface area contributed by atoms with Gasteiger partial charge >= 0.3 is 0 Å². The van der Waals surface area contributed by atoms with Crippen molar-refractivity contribution < 1.29 is 28.1 Å². The van der Waals surface area contributed by atoms with Gasteiger partial charge in [-0.2, -0.15) is 4.31 Å². The predicted molar refractivity (Wildman–Crippen MR) is 145 cm³/mol. The first-order valence-corrected chi connectivity index (χ1v) is 14.5. The van der Waals surface area contributed by atoms with E-state index >= 15 is 0 Å². The Hall–Kier alpha value is -2.38. The highest BCUT2D eigenvalue weighted by Gasteiger charge is 2.45. The van der Waals surface area contributed by atoms with Gasteiger partial charge in [-0.25, -0.2) is 13.4 Å². The van der Waals surface area contributed by atoms with E-state index in [-0.39, 0.29) is 11.6 Å². The van der Waals surface area contributed by atoms with Crippen LogP contribution in [0.5, 0.6) is 5.75 Å². The van der Waals surface area contributed by atoms with Gasteiger partial charge in [0.1, 0.15) is 18.5 Å². The molecule has 0 bridgehead atoms. The summed E-state index contributed by atoms with van der Waals surface area (Å²) < 4.78 is 45.5. The van der Waals surface area contributed by atoms with Gasteiger partial charge in [-0.05, 0) is 36.4 Å². The maximum Gasteiger partial charge on any atom is 0.215 e. The number of benzene rings is 2. The third-order valence-electron chi connectivity index (χ3n) is 6.50. The van der Waals surface area contributed by atoms with Gasteiger partial charge in [-0.3, -0.25) is 0 Å². The molecule has 2 aliphatic heterocycles. The predicted octanol–water partition coefficient (Wildman–Crippen LogP) is 2.79. The maximum atomic E-state index is 11.7. The van der Waals surface area contributed by atoms with Crippen LogP contribution in [-0.2, 0) is 31.8 Å². The van der Waals surface area contributed by atoms with Crippen molar-refractivity contribution in [1.29, 1.82) is 0 Å². The molecule has 10 nitrogen and oxygen atoms in total. The van der Waals surface area contributed by atoms with Crippen molar-refractivity contribution >= 4 is 38.9 Å². The first-order chi connectivity index (χ1) is 17.7. The Kier molecular flexibility index (Phi) is 8.88. The number of nitrogens with zero attached hydrogens (tertiary/aromatic N) is 4. The second-order valence-electron chi connectivity index (χ2n) is 9.12. The van der Waals surface area contributed by atoms with Gasteiger partial charge in [-0.1, -0.05) is 29.3 Å². The molecule has 13 heteroatoms. The molecule has 0 radical (unpaired) electrons. The minimum absolute atomic E-state index is 0. The van der Waals surface area contributed by atoms with E-state index in [1.807, 2.05) is 41.1 Å². The normalized spacial score (nSPS) is 22.3. The highest BCUT2D eigenvalue weighted by atomic mass is 35.5. The topological polar surface area (TPSA) is 118 Å². The number of hydrogen-bond donors (Lipinski definition) is 0. The van der Waals surface area contributed by atoms with E-state index in [1.54, 1.807) is 24.7 Å². The van der Waals surface area contributed by atoms with Crippen LogP contribution in [0.2, 0.25) is 10.0 Å². The molecule has 3 aromatic rings. The van der Waals surface area contributed by atoms with E-state index in [9.17, 15) is 8.42 Å². The summed E-state index contributed by atoms with van der Waals surface area (Å²) in [6.45, 7) is 3.24. The number of halogens is 2. The summed E-state index contributed by atoms with van der Waals surface area (Å²) in [5.41, 5.74) is 1.72. The van der Waals surface area contributed by atoms with Gasteiger partial charge in [0.05, 0.1) is 30.8 Å². The summed E-state index contributed by atoms with van der Waals surface area (Å²) in [5, 5.41) is 0.993. The lowest BCUT2D eigenvalue weighted by atomic mass is 10.1. The molecular formula is C25H30Cl2N4O6S. The Morgan fingerprint density at radius 2 is 1.84 bits per heavy atom. The van der Waals surface area contributed by atoms with E-state index in [1.165, 1.54) is 10.6 Å². The number of imidazole rings is 1. The Labute approximate surface area is 232 Å². The van der Waals surface area contributed by atoms with E-state index in [4.69, 9.17) is 37.4 Å². The smallest absolute Gasteiger partial charge is 0.215 e. The molecule has 5 rings (SSSR count). The summed E-state index contributed by atoms with van der Waals surface area (Å²) in [6, 6.07) is 13.0. The molecule has 2 aromatic carbocycles. The van der Waals surface area contributed by atoms with Gasteiger partial charge < -0.3 is 29.2 Å². The fourth-order valence-electron chi connectivity index (χ4n) is 4.60. The van der Waals surface area contributed by atoms with Gasteiger partial charge in [0, 0.05) is 54.8 Å². The van der Waals surface area contributed by atoms with Crippen LogP contribution in [0.25, 0.3) is 0 Å². The number of hydrogen-bond acceptors (Lipinski definition) is 7. The average Bonchev–Trinajstić information content (AvgIpc) is 3.53. The van der Waals surface area contributed by atoms with Crippen molar-refractivity contribution in [1.82, 2.24) is 13.9 Å². The highest BCUT2D eigenvalue weighted by Crippen LogP contribution is 2.40. The molecular weight excluding hydrogens is 555 g/mol. The van der Waals surface area contributed by atoms with E-state index < -0.39 is 15.8 Å². The second-order valence-corrected chi connectivity index (χ2v) is 11.9. The van der Waals surface area contributed by atoms with E-state index in [0.29, 0.717) is 67.3 Å². The molecule has 3 heterocycles. The Morgan fingerprint density at radius 3 is 2.47 bits per heavy atom. The standard InChI is InChI=1S/C25H28Cl2N4O5S.H2O/c1-37(32,33)31-12-10-30(11-13-31)20-3-5-21(6-4-20)34-15-22-16-35-25(36-22,17-29-9-8-28-18-29)23-7-2-19(26)14-24(23)27;/h2-9,14,18,22H,10-13,15-17H2,1H3;1H2/t22-,25-;/m1./s1. The number of piperazine rings is 1. The summed E-state index contributed by atoms with van der Waals surface area (Å²) in [7, 11) is -3.15. The Bertz CT molecular complexity index is 1320. The maximum absolute atomic E-state index is 11.7. The zero-order valence-electron chi connectivity index (χ0n) is 20.8. The second kappa shape index (κ2) is 11.8. The molecule has 38 heavy (non-hydrogen) atoms. The zero-order chi connectivity index (χ0) is 26.0. The number of sulfonamides is 1. The van der Waals surface area contributed by atoms with Crippen LogP contribution in [-0.4, -0.2) is 79.5 Å². The van der Waals surface area contributed by atoms with Crippen molar-refractivity contribution in [3.05, 3.63) is 76.8 Å². The molecule has 2 N–H and O–H groups in total. The van der Waals surface area contributed by atoms with E-state index in [0.717, 1.165) is 5.69 Å². The number of ether oxygens (including phenoxy) is 3. The monoisotopic (exact) mass is 584 g/mol. The minimum atomic E-state index is -3.15. The van der Waals surface area contributed by atoms with Crippen LogP contribution in [0.1, 0.15) is 5.56 Å². The molecule has 2 atom stereocenters. The molecule has 0 unspecified atom stereocenters. The van der Waals surface area contributed by atoms with Crippen LogP contribution in [0.15, 0.2) is 61.2 Å². The summed E-state index contributed by atoms with van der Waals surface area (Å²) in [6.07, 6.45) is 6.16. The lowest BCUT2D eigenvalue weighted by Crippen LogP contribution is -2.48. The van der Waals surface area contributed by atoms with Crippen molar-refractivity contribution in [2.45, 2.75) is 18.4 Å². The van der Waals surface area contributed by atoms with E-state index in [2.05, 4.69) is 9.88 Å². The molecule has 2 aliphatic rings. The minimum Gasteiger partial charge on any atom is -0.491 e. The molecule has 1 aromatic heterocycles. The van der Waals surface area contributed by atoms with Gasteiger partial charge in [0.25, 0.3) is 0 Å². The van der Waals surface area contributed by atoms with Crippen molar-refractivity contribution in [3.63, 3.8) is 0 Å². The molecule has 0 spiro atoms. The molecule has 0 aliphatic carbocycles. The van der Waals surface area contributed by atoms with Crippen molar-refractivity contribution in [2.75, 3.05) is 50.5 Å². The lowest BCUT2D eigenvalue weighted by Gasteiger charge is -2.34. The van der Waals surface area contributed by atoms with Crippen LogP contribution in [0, 0.1) is 0 Å². The van der Waals surface area contributed by atoms with Gasteiger partial charge in [0.15, 0.2) is 0 Å². The summed E-state index contributed by atoms with van der Waals surface area (Å²) >= 11 is 12.6. The largest absolute Gasteiger partial charge is 0.491 e. The fourth-order valence-corrected chi connectivity index (χ4v) is 5.97. The van der Waals surface area contributed by atoms with Gasteiger partial charge in [-0.15, -0.1) is 0 Å². The quantitative estimate of drug-likeness (QED) is 0.399. The van der Waals surface area contributed by atoms with Crippen LogP contribution >= 0.6 is 23.2 Å². The van der Waals surface area contributed by atoms with Gasteiger partial charge in [0.2, 0.25) is 15.8 Å². The molecule has 2 saturated heterocycles. The van der Waals surface area contributed by atoms with Crippen LogP contribution in [0.4, 0.5) is 5.69 Å². The van der Waals surface area contributed by atoms with Crippen molar-refractivity contribution in [2.24, 2.45) is 0 Å². The lowest BCUT2D eigenvalue weighted by molar-refractivity contribution is -0.189. The Balaban J connectivity index is 0.00000336. The highest BCUT2D eigenvalue weighted by molar-refractivity contribution is 7.88. The molecule has 2 fully saturated rings. The first kappa shape index (κ1) is 28.6. The number of anilines is 1. The number of aromatic nitrogens is 2. The Morgan fingerprint density at radius 1 is 1.11 bits per heavy atom. The van der Waals surface area contributed by atoms with Crippen molar-refractivity contribution in [3.8, 4) is 5.75 Å². The average molecular weight is 586 g/mol. The SMILES string of the molecule is CS(=O)(=O)N1CCN(c2ccc(OC[C@@H]3CO[C@@](Cn4ccnc4)(c4ccc(Cl)cc4Cl)O3)cc2)CC1.O. The third kappa shape index (κ3) is 6.42. The van der Waals surface area contributed by atoms with Crippen LogP contribution < -0.4 is 9.64 Å². The third-order valence-corrected chi connectivity index (χ3v) is 8.35. The number of rotatable bonds is 8. The summed E-state index contributed by atoms with van der Waals surface area (Å²) in [5.74, 6) is -0.396. The zero-order valence-corrected chi connectivity index (χ0v) is 23.1. The first-order valence-electron chi connectivity index (χ1n) is 11.9. The fraction of sp³-hybridized carbons (Fsp3) is 0.400. The molecule has 0 saturated carbocycles. The molecule has 206 valence electrons. The molecule has 0 amide bonds. The summed E-state index contributed by atoms with van der Waals surface area (Å²) in [4.78, 5) is 6.28.